The van der Waals surface area contributed by atoms with Gasteiger partial charge in [0.15, 0.2) is 12.1 Å². The Hall–Kier alpha value is -2.99. The number of aromatic amines is 1. The average molecular weight is 346 g/mol. The van der Waals surface area contributed by atoms with Gasteiger partial charge in [0.25, 0.3) is 0 Å². The zero-order chi connectivity index (χ0) is 17.2. The standard InChI is InChI=1S/C19H14N4OS/c1-12-6-5-9-14-10-15(11-24)18(20-16(12)14)25-19-21-17(22-23-19)13-7-3-2-4-8-13/h2-11H,1H3,(H,21,22,23). The Balaban J connectivity index is 1.72. The van der Waals surface area contributed by atoms with E-state index in [2.05, 4.69) is 20.2 Å². The van der Waals surface area contributed by atoms with Crippen molar-refractivity contribution >= 4 is 29.0 Å². The van der Waals surface area contributed by atoms with Crippen LogP contribution in [-0.2, 0) is 0 Å². The van der Waals surface area contributed by atoms with Gasteiger partial charge in [-0.2, -0.15) is 0 Å². The Morgan fingerprint density at radius 2 is 1.88 bits per heavy atom. The molecular formula is C19H14N4OS. The molecule has 0 spiro atoms. The lowest BCUT2D eigenvalue weighted by molar-refractivity contribution is 0.112. The molecule has 0 aliphatic rings. The maximum Gasteiger partial charge on any atom is 0.215 e. The third-order valence-electron chi connectivity index (χ3n) is 3.87. The van der Waals surface area contributed by atoms with E-state index in [9.17, 15) is 4.79 Å². The summed E-state index contributed by atoms with van der Waals surface area (Å²) in [5.74, 6) is 0.688. The summed E-state index contributed by atoms with van der Waals surface area (Å²) < 4.78 is 0. The van der Waals surface area contributed by atoms with Crippen LogP contribution in [0, 0.1) is 6.92 Å². The van der Waals surface area contributed by atoms with Crippen molar-refractivity contribution in [1.82, 2.24) is 20.2 Å². The summed E-state index contributed by atoms with van der Waals surface area (Å²) in [6.07, 6.45) is 0.821. The van der Waals surface area contributed by atoms with Crippen LogP contribution in [0.25, 0.3) is 22.3 Å². The lowest BCUT2D eigenvalue weighted by Gasteiger charge is -2.06. The van der Waals surface area contributed by atoms with Gasteiger partial charge in [0.2, 0.25) is 5.16 Å². The second-order valence-corrected chi connectivity index (χ2v) is 6.54. The van der Waals surface area contributed by atoms with E-state index in [1.54, 1.807) is 0 Å². The minimum Gasteiger partial charge on any atom is -0.298 e. The number of aryl methyl sites for hydroxylation is 1. The molecule has 2 heterocycles. The highest BCUT2D eigenvalue weighted by atomic mass is 32.2. The molecule has 0 bridgehead atoms. The van der Waals surface area contributed by atoms with Crippen LogP contribution in [-0.4, -0.2) is 26.5 Å². The Bertz CT molecular complexity index is 1060. The molecular weight excluding hydrogens is 332 g/mol. The zero-order valence-corrected chi connectivity index (χ0v) is 14.2. The largest absolute Gasteiger partial charge is 0.298 e. The highest BCUT2D eigenvalue weighted by Crippen LogP contribution is 2.30. The van der Waals surface area contributed by atoms with Gasteiger partial charge in [-0.25, -0.2) is 9.97 Å². The molecule has 0 atom stereocenters. The number of aromatic nitrogens is 4. The molecule has 0 saturated heterocycles. The van der Waals surface area contributed by atoms with Crippen molar-refractivity contribution in [2.75, 3.05) is 0 Å². The van der Waals surface area contributed by atoms with E-state index in [1.807, 2.05) is 61.5 Å². The molecule has 0 saturated carbocycles. The van der Waals surface area contributed by atoms with E-state index in [-0.39, 0.29) is 0 Å². The van der Waals surface area contributed by atoms with E-state index in [0.717, 1.165) is 28.3 Å². The first-order valence-corrected chi connectivity index (χ1v) is 8.57. The number of nitrogens with zero attached hydrogens (tertiary/aromatic N) is 3. The number of rotatable bonds is 4. The number of nitrogens with one attached hydrogen (secondary N) is 1. The van der Waals surface area contributed by atoms with Crippen molar-refractivity contribution in [2.45, 2.75) is 17.1 Å². The first kappa shape index (κ1) is 15.5. The van der Waals surface area contributed by atoms with Crippen LogP contribution >= 0.6 is 11.8 Å². The van der Waals surface area contributed by atoms with Crippen LogP contribution in [0.3, 0.4) is 0 Å². The maximum atomic E-state index is 11.5. The SMILES string of the molecule is Cc1cccc2cc(C=O)c(Sc3n[nH]c(-c4ccccc4)n3)nc12. The van der Waals surface area contributed by atoms with Gasteiger partial charge in [-0.1, -0.05) is 48.5 Å². The maximum absolute atomic E-state index is 11.5. The number of benzene rings is 2. The number of carbonyl (C=O) groups is 1. The first-order valence-electron chi connectivity index (χ1n) is 7.76. The minimum atomic E-state index is 0.530. The Kier molecular flexibility index (Phi) is 4.03. The number of para-hydroxylation sites is 1. The van der Waals surface area contributed by atoms with Gasteiger partial charge in [0, 0.05) is 16.5 Å². The van der Waals surface area contributed by atoms with Gasteiger partial charge in [-0.3, -0.25) is 9.89 Å². The molecule has 5 nitrogen and oxygen atoms in total. The van der Waals surface area contributed by atoms with Crippen molar-refractivity contribution in [3.8, 4) is 11.4 Å². The average Bonchev–Trinajstić information content (AvgIpc) is 3.11. The van der Waals surface area contributed by atoms with Gasteiger partial charge in [-0.15, -0.1) is 5.10 Å². The molecule has 1 N–H and O–H groups in total. The molecule has 4 aromatic rings. The smallest absolute Gasteiger partial charge is 0.215 e. The highest BCUT2D eigenvalue weighted by Gasteiger charge is 2.13. The second-order valence-electron chi connectivity index (χ2n) is 5.58. The lowest BCUT2D eigenvalue weighted by Crippen LogP contribution is -1.93. The normalized spacial score (nSPS) is 10.9. The topological polar surface area (TPSA) is 71.5 Å². The van der Waals surface area contributed by atoms with Crippen molar-refractivity contribution in [1.29, 1.82) is 0 Å². The monoisotopic (exact) mass is 346 g/mol. The molecule has 0 amide bonds. The minimum absolute atomic E-state index is 0.530. The predicted octanol–water partition coefficient (Wildman–Crippen LogP) is 4.29. The molecule has 122 valence electrons. The molecule has 0 unspecified atom stereocenters. The van der Waals surface area contributed by atoms with E-state index >= 15 is 0 Å². The summed E-state index contributed by atoms with van der Waals surface area (Å²) in [7, 11) is 0. The lowest BCUT2D eigenvalue weighted by atomic mass is 10.1. The van der Waals surface area contributed by atoms with Crippen molar-refractivity contribution in [2.24, 2.45) is 0 Å². The molecule has 0 radical (unpaired) electrons. The summed E-state index contributed by atoms with van der Waals surface area (Å²) in [5.41, 5.74) is 3.44. The van der Waals surface area contributed by atoms with Crippen molar-refractivity contribution in [3.63, 3.8) is 0 Å². The van der Waals surface area contributed by atoms with Gasteiger partial charge >= 0.3 is 0 Å². The first-order chi connectivity index (χ1) is 12.2. The quantitative estimate of drug-likeness (QED) is 0.558. The van der Waals surface area contributed by atoms with E-state index in [1.165, 1.54) is 11.8 Å². The fraction of sp³-hybridized carbons (Fsp3) is 0.0526. The molecule has 2 aromatic carbocycles. The Morgan fingerprint density at radius 3 is 2.68 bits per heavy atom. The fourth-order valence-electron chi connectivity index (χ4n) is 2.62. The summed E-state index contributed by atoms with van der Waals surface area (Å²) >= 11 is 1.28. The van der Waals surface area contributed by atoms with Crippen LogP contribution < -0.4 is 0 Å². The number of hydrogen-bond donors (Lipinski definition) is 1. The second kappa shape index (κ2) is 6.49. The third kappa shape index (κ3) is 3.04. The number of fused-ring (bicyclic) bond motifs is 1. The summed E-state index contributed by atoms with van der Waals surface area (Å²) in [6.45, 7) is 2.00. The van der Waals surface area contributed by atoms with Gasteiger partial charge in [-0.05, 0) is 30.3 Å². The van der Waals surface area contributed by atoms with E-state index < -0.39 is 0 Å². The zero-order valence-electron chi connectivity index (χ0n) is 13.4. The van der Waals surface area contributed by atoms with E-state index in [4.69, 9.17) is 0 Å². The van der Waals surface area contributed by atoms with Crippen LogP contribution in [0.1, 0.15) is 15.9 Å². The number of H-pyrrole nitrogens is 1. The summed E-state index contributed by atoms with van der Waals surface area (Å²) in [6, 6.07) is 17.5. The van der Waals surface area contributed by atoms with Crippen LogP contribution in [0.15, 0.2) is 64.8 Å². The van der Waals surface area contributed by atoms with Gasteiger partial charge in [0.05, 0.1) is 5.52 Å². The Morgan fingerprint density at radius 1 is 1.04 bits per heavy atom. The highest BCUT2D eigenvalue weighted by molar-refractivity contribution is 7.99. The summed E-state index contributed by atoms with van der Waals surface area (Å²) in [4.78, 5) is 20.6. The van der Waals surface area contributed by atoms with Gasteiger partial charge < -0.3 is 0 Å². The molecule has 6 heteroatoms. The predicted molar refractivity (Wildman–Crippen MR) is 97.8 cm³/mol. The molecule has 25 heavy (non-hydrogen) atoms. The Labute approximate surface area is 148 Å². The van der Waals surface area contributed by atoms with Crippen LogP contribution in [0.2, 0.25) is 0 Å². The number of carbonyl (C=O) groups excluding carboxylic acids is 1. The van der Waals surface area contributed by atoms with Crippen LogP contribution in [0.5, 0.6) is 0 Å². The number of pyridine rings is 1. The third-order valence-corrected chi connectivity index (χ3v) is 4.75. The summed E-state index contributed by atoms with van der Waals surface area (Å²) in [5, 5.41) is 9.25. The molecule has 0 fully saturated rings. The molecule has 2 aromatic heterocycles. The fourth-order valence-corrected chi connectivity index (χ4v) is 3.38. The van der Waals surface area contributed by atoms with Gasteiger partial charge in [0.1, 0.15) is 5.03 Å². The molecule has 0 aliphatic carbocycles. The van der Waals surface area contributed by atoms with Crippen molar-refractivity contribution < 1.29 is 4.79 Å². The number of hydrogen-bond acceptors (Lipinski definition) is 5. The van der Waals surface area contributed by atoms with Crippen LogP contribution in [0.4, 0.5) is 0 Å². The molecule has 4 rings (SSSR count). The number of aldehydes is 1. The van der Waals surface area contributed by atoms with E-state index in [0.29, 0.717) is 21.6 Å². The van der Waals surface area contributed by atoms with Crippen molar-refractivity contribution in [3.05, 3.63) is 65.7 Å². The molecule has 0 aliphatic heterocycles.